The van der Waals surface area contributed by atoms with E-state index in [0.717, 1.165) is 36.9 Å². The van der Waals surface area contributed by atoms with Crippen LogP contribution in [0.2, 0.25) is 0 Å². The van der Waals surface area contributed by atoms with Gasteiger partial charge in [-0.15, -0.1) is 0 Å². The van der Waals surface area contributed by atoms with E-state index in [1.54, 1.807) is 41.9 Å². The lowest BCUT2D eigenvalue weighted by Crippen LogP contribution is -2.41. The van der Waals surface area contributed by atoms with Crippen LogP contribution in [0.3, 0.4) is 0 Å². The molecular weight excluding hydrogens is 534 g/mol. The van der Waals surface area contributed by atoms with Crippen molar-refractivity contribution in [3.63, 3.8) is 0 Å². The summed E-state index contributed by atoms with van der Waals surface area (Å²) in [5, 5.41) is 15.8. The zero-order valence-electron chi connectivity index (χ0n) is 23.1. The van der Waals surface area contributed by atoms with Gasteiger partial charge >= 0.3 is 5.97 Å². The second kappa shape index (κ2) is 11.0. The largest absolute Gasteiger partial charge is 0.477 e. The second-order valence-corrected chi connectivity index (χ2v) is 10.8. The predicted molar refractivity (Wildman–Crippen MR) is 160 cm³/mol. The summed E-state index contributed by atoms with van der Waals surface area (Å²) in [6.45, 7) is 1.57. The topological polar surface area (TPSA) is 138 Å². The molecule has 2 heterocycles. The van der Waals surface area contributed by atoms with Crippen LogP contribution in [-0.4, -0.2) is 43.3 Å². The number of aromatic carboxylic acids is 1. The van der Waals surface area contributed by atoms with Crippen LogP contribution in [0.15, 0.2) is 77.6 Å². The molecule has 1 aliphatic rings. The minimum absolute atomic E-state index is 0.0516. The Kier molecular flexibility index (Phi) is 7.12. The third-order valence-electron chi connectivity index (χ3n) is 7.92. The summed E-state index contributed by atoms with van der Waals surface area (Å²) in [7, 11) is 0. The minimum atomic E-state index is -1.07. The molecule has 10 nitrogen and oxygen atoms in total. The Bertz CT molecular complexity index is 1880. The summed E-state index contributed by atoms with van der Waals surface area (Å²) in [6, 6.07) is 20.4. The molecule has 0 radical (unpaired) electrons. The van der Waals surface area contributed by atoms with Gasteiger partial charge in [0.1, 0.15) is 11.7 Å². The van der Waals surface area contributed by atoms with Gasteiger partial charge in [0, 0.05) is 22.2 Å². The molecule has 2 amide bonds. The first-order valence-corrected chi connectivity index (χ1v) is 14.1. The van der Waals surface area contributed by atoms with Gasteiger partial charge in [-0.2, -0.15) is 0 Å². The zero-order valence-corrected chi connectivity index (χ0v) is 23.1. The highest BCUT2D eigenvalue weighted by Gasteiger charge is 2.25. The Morgan fingerprint density at radius 1 is 0.952 bits per heavy atom. The average Bonchev–Trinajstić information content (AvgIpc) is 3.56. The number of H-pyrrole nitrogens is 1. The molecule has 1 atom stereocenters. The van der Waals surface area contributed by atoms with Gasteiger partial charge in [0.05, 0.1) is 22.6 Å². The van der Waals surface area contributed by atoms with E-state index in [-0.39, 0.29) is 22.9 Å². The van der Waals surface area contributed by atoms with Crippen LogP contribution in [0.5, 0.6) is 0 Å². The number of nitrogens with zero attached hydrogens (tertiary/aromatic N) is 2. The molecule has 0 bridgehead atoms. The lowest BCUT2D eigenvalue weighted by atomic mass is 9.95. The Labute approximate surface area is 240 Å². The molecule has 6 rings (SSSR count). The van der Waals surface area contributed by atoms with Gasteiger partial charge < -0.3 is 20.7 Å². The third-order valence-corrected chi connectivity index (χ3v) is 7.92. The van der Waals surface area contributed by atoms with Crippen LogP contribution in [0.25, 0.3) is 27.5 Å². The molecule has 0 saturated heterocycles. The van der Waals surface area contributed by atoms with Crippen LogP contribution in [0.4, 0.5) is 5.69 Å². The third kappa shape index (κ3) is 5.07. The van der Waals surface area contributed by atoms with Crippen LogP contribution in [0.1, 0.15) is 65.9 Å². The van der Waals surface area contributed by atoms with Crippen LogP contribution in [-0.2, 0) is 4.79 Å². The predicted octanol–water partition coefficient (Wildman–Crippen LogP) is 5.23. The molecule has 0 aliphatic heterocycles. The molecule has 1 saturated carbocycles. The van der Waals surface area contributed by atoms with E-state index in [0.29, 0.717) is 22.0 Å². The number of carboxylic acid groups (broad SMARTS) is 1. The average molecular weight is 566 g/mol. The lowest BCUT2D eigenvalue weighted by molar-refractivity contribution is -0.117. The van der Waals surface area contributed by atoms with E-state index >= 15 is 0 Å². The van der Waals surface area contributed by atoms with E-state index in [1.807, 2.05) is 36.4 Å². The minimum Gasteiger partial charge on any atom is -0.477 e. The number of nitrogens with one attached hydrogen (secondary N) is 3. The van der Waals surface area contributed by atoms with Gasteiger partial charge in [0.25, 0.3) is 11.5 Å². The Balaban J connectivity index is 1.24. The highest BCUT2D eigenvalue weighted by Crippen LogP contribution is 2.32. The maximum Gasteiger partial charge on any atom is 0.352 e. The van der Waals surface area contributed by atoms with Gasteiger partial charge in [-0.3, -0.25) is 19.1 Å². The summed E-state index contributed by atoms with van der Waals surface area (Å²) < 4.78 is 3.81. The number of fused-ring (bicyclic) bond motifs is 2. The normalized spacial score (nSPS) is 14.6. The molecule has 3 aromatic carbocycles. The number of rotatable bonds is 7. The molecule has 42 heavy (non-hydrogen) atoms. The van der Waals surface area contributed by atoms with Crippen molar-refractivity contribution in [3.05, 3.63) is 94.4 Å². The lowest BCUT2D eigenvalue weighted by Gasteiger charge is -2.26. The van der Waals surface area contributed by atoms with E-state index in [2.05, 4.69) is 20.3 Å². The highest BCUT2D eigenvalue weighted by atomic mass is 16.4. The molecule has 2 aromatic heterocycles. The number of benzene rings is 3. The number of anilines is 1. The molecule has 10 heteroatoms. The first-order chi connectivity index (χ1) is 20.3. The molecular formula is C32H31N5O5. The molecule has 5 aromatic rings. The Morgan fingerprint density at radius 3 is 2.45 bits per heavy atom. The maximum absolute atomic E-state index is 13.7. The SMILES string of the molecule is C[C@H](NC(=O)c1ccc2c(c1)c(=O)n(-c1ccccc1)n2C1CCCCC1)C(=O)Nc1ccc2[nH]c(C(=O)O)cc2c1. The Hall–Kier alpha value is -5.12. The number of para-hydroxylation sites is 1. The van der Waals surface area contributed by atoms with E-state index < -0.39 is 23.8 Å². The number of hydrogen-bond acceptors (Lipinski definition) is 4. The molecule has 4 N–H and O–H groups in total. The van der Waals surface area contributed by atoms with Crippen molar-refractivity contribution in [2.75, 3.05) is 5.32 Å². The molecule has 1 aliphatic carbocycles. The molecule has 0 spiro atoms. The zero-order chi connectivity index (χ0) is 29.4. The number of carboxylic acids is 1. The van der Waals surface area contributed by atoms with Gasteiger partial charge in [0.2, 0.25) is 5.91 Å². The first kappa shape index (κ1) is 27.1. The molecule has 1 fully saturated rings. The van der Waals surface area contributed by atoms with Crippen molar-refractivity contribution in [2.45, 2.75) is 51.1 Å². The van der Waals surface area contributed by atoms with Crippen molar-refractivity contribution in [1.82, 2.24) is 19.7 Å². The van der Waals surface area contributed by atoms with Gasteiger partial charge in [-0.05, 0) is 74.4 Å². The van der Waals surface area contributed by atoms with Crippen molar-refractivity contribution in [2.24, 2.45) is 0 Å². The summed E-state index contributed by atoms with van der Waals surface area (Å²) >= 11 is 0. The fourth-order valence-corrected chi connectivity index (χ4v) is 5.79. The number of amides is 2. The first-order valence-electron chi connectivity index (χ1n) is 14.1. The van der Waals surface area contributed by atoms with Crippen molar-refractivity contribution >= 4 is 45.3 Å². The van der Waals surface area contributed by atoms with Crippen LogP contribution in [0, 0.1) is 0 Å². The van der Waals surface area contributed by atoms with Crippen LogP contribution < -0.4 is 16.2 Å². The number of aromatic nitrogens is 3. The highest BCUT2D eigenvalue weighted by molar-refractivity contribution is 6.03. The van der Waals surface area contributed by atoms with Gasteiger partial charge in [0.15, 0.2) is 0 Å². The number of aromatic amines is 1. The van der Waals surface area contributed by atoms with Crippen LogP contribution >= 0.6 is 0 Å². The summed E-state index contributed by atoms with van der Waals surface area (Å²) in [6.07, 6.45) is 5.38. The van der Waals surface area contributed by atoms with Crippen molar-refractivity contribution in [1.29, 1.82) is 0 Å². The van der Waals surface area contributed by atoms with Crippen molar-refractivity contribution < 1.29 is 19.5 Å². The fraction of sp³-hybridized carbons (Fsp3) is 0.250. The monoisotopic (exact) mass is 565 g/mol. The van der Waals surface area contributed by atoms with E-state index in [1.165, 1.54) is 12.5 Å². The van der Waals surface area contributed by atoms with E-state index in [4.69, 9.17) is 0 Å². The van der Waals surface area contributed by atoms with E-state index in [9.17, 15) is 24.3 Å². The number of carbonyl (C=O) groups is 3. The van der Waals surface area contributed by atoms with Crippen molar-refractivity contribution in [3.8, 4) is 5.69 Å². The second-order valence-electron chi connectivity index (χ2n) is 10.8. The standard InChI is InChI=1S/C32H31N5O5/c1-19(29(38)34-22-13-14-26-21(16-22)18-27(35-26)32(41)42)33-30(39)20-12-15-28-25(17-20)31(40)37(24-10-6-3-7-11-24)36(28)23-8-4-2-5-9-23/h3,6-7,10-19,23,35H,2,4-5,8-9H2,1H3,(H,33,39)(H,34,38)(H,41,42)/t19-/m0/s1. The van der Waals surface area contributed by atoms with Gasteiger partial charge in [-0.25, -0.2) is 9.48 Å². The number of carbonyl (C=O) groups excluding carboxylic acids is 2. The summed E-state index contributed by atoms with van der Waals surface area (Å²) in [5.74, 6) is -1.98. The molecule has 0 unspecified atom stereocenters. The maximum atomic E-state index is 13.7. The number of hydrogen-bond donors (Lipinski definition) is 4. The quantitative estimate of drug-likeness (QED) is 0.214. The fourth-order valence-electron chi connectivity index (χ4n) is 5.79. The smallest absolute Gasteiger partial charge is 0.352 e. The molecule has 214 valence electrons. The Morgan fingerprint density at radius 2 is 1.71 bits per heavy atom. The summed E-state index contributed by atoms with van der Waals surface area (Å²) in [4.78, 5) is 53.9. The summed E-state index contributed by atoms with van der Waals surface area (Å²) in [5.41, 5.74) is 2.81. The van der Waals surface area contributed by atoms with Gasteiger partial charge in [-0.1, -0.05) is 37.5 Å².